The summed E-state index contributed by atoms with van der Waals surface area (Å²) >= 11 is 0. The molecule has 0 atom stereocenters. The summed E-state index contributed by atoms with van der Waals surface area (Å²) in [5.41, 5.74) is 2.82. The third-order valence-corrected chi connectivity index (χ3v) is 5.40. The highest BCUT2D eigenvalue weighted by Gasteiger charge is 2.36. The van der Waals surface area contributed by atoms with E-state index >= 15 is 0 Å². The molecule has 0 spiro atoms. The van der Waals surface area contributed by atoms with Gasteiger partial charge in [0.15, 0.2) is 0 Å². The van der Waals surface area contributed by atoms with Crippen LogP contribution in [-0.4, -0.2) is 17.6 Å². The number of hydrogen-bond donors (Lipinski definition) is 1. The van der Waals surface area contributed by atoms with Gasteiger partial charge in [0.2, 0.25) is 5.56 Å². The van der Waals surface area contributed by atoms with Gasteiger partial charge in [-0.2, -0.15) is 13.2 Å². The first-order valence-corrected chi connectivity index (χ1v) is 9.64. The number of H-pyrrole nitrogens is 1. The number of anilines is 3. The number of alkyl halides is 3. The summed E-state index contributed by atoms with van der Waals surface area (Å²) in [6.45, 7) is 5.49. The van der Waals surface area contributed by atoms with Crippen LogP contribution in [0.25, 0.3) is 0 Å². The van der Waals surface area contributed by atoms with Crippen molar-refractivity contribution in [3.05, 3.63) is 86.8 Å². The molecular weight excluding hydrogens is 407 g/mol. The number of hydrogen-bond acceptors (Lipinski definition) is 3. The second kappa shape index (κ2) is 7.30. The Morgan fingerprint density at radius 3 is 2.19 bits per heavy atom. The Labute approximate surface area is 176 Å². The molecule has 31 heavy (non-hydrogen) atoms. The van der Waals surface area contributed by atoms with Crippen molar-refractivity contribution in [1.29, 1.82) is 0 Å². The van der Waals surface area contributed by atoms with Gasteiger partial charge in [0.25, 0.3) is 5.91 Å². The molecule has 2 heterocycles. The van der Waals surface area contributed by atoms with E-state index in [1.165, 1.54) is 17.0 Å². The van der Waals surface area contributed by atoms with E-state index in [1.807, 2.05) is 32.0 Å². The number of carbonyl (C=O) groups excluding carboxylic acids is 1. The van der Waals surface area contributed by atoms with E-state index in [2.05, 4.69) is 4.98 Å². The second-order valence-corrected chi connectivity index (χ2v) is 7.66. The summed E-state index contributed by atoms with van der Waals surface area (Å²) < 4.78 is 40.2. The number of benzene rings is 2. The van der Waals surface area contributed by atoms with Gasteiger partial charge in [0, 0.05) is 17.4 Å². The van der Waals surface area contributed by atoms with Crippen LogP contribution in [0, 0.1) is 20.8 Å². The molecule has 3 aromatic rings. The van der Waals surface area contributed by atoms with Crippen LogP contribution < -0.4 is 15.4 Å². The summed E-state index contributed by atoms with van der Waals surface area (Å²) in [6, 6.07) is 11.7. The zero-order chi connectivity index (χ0) is 22.5. The van der Waals surface area contributed by atoms with Crippen molar-refractivity contribution in [2.75, 3.05) is 16.5 Å². The minimum atomic E-state index is -4.53. The van der Waals surface area contributed by atoms with Crippen LogP contribution in [0.15, 0.2) is 53.3 Å². The zero-order valence-electron chi connectivity index (χ0n) is 17.2. The van der Waals surface area contributed by atoms with E-state index in [4.69, 9.17) is 0 Å². The van der Waals surface area contributed by atoms with E-state index in [9.17, 15) is 22.8 Å². The smallest absolute Gasteiger partial charge is 0.324 e. The van der Waals surface area contributed by atoms with E-state index in [0.717, 1.165) is 23.3 Å². The summed E-state index contributed by atoms with van der Waals surface area (Å²) in [5.74, 6) is -0.431. The third kappa shape index (κ3) is 3.69. The molecule has 1 N–H and O–H groups in total. The van der Waals surface area contributed by atoms with E-state index in [0.29, 0.717) is 17.1 Å². The van der Waals surface area contributed by atoms with Crippen LogP contribution in [0.1, 0.15) is 32.7 Å². The lowest BCUT2D eigenvalue weighted by Crippen LogP contribution is -2.45. The number of pyridine rings is 1. The Morgan fingerprint density at radius 2 is 1.55 bits per heavy atom. The van der Waals surface area contributed by atoms with Crippen LogP contribution in [0.3, 0.4) is 0 Å². The first-order chi connectivity index (χ1) is 14.6. The fourth-order valence-corrected chi connectivity index (χ4v) is 3.90. The quantitative estimate of drug-likeness (QED) is 0.621. The number of aromatic nitrogens is 1. The molecule has 8 heteroatoms. The molecule has 0 radical (unpaired) electrons. The Kier molecular flexibility index (Phi) is 4.88. The van der Waals surface area contributed by atoms with Crippen LogP contribution in [0.5, 0.6) is 0 Å². The number of fused-ring (bicyclic) bond motifs is 1. The van der Waals surface area contributed by atoms with Crippen LogP contribution in [-0.2, 0) is 6.18 Å². The molecule has 160 valence electrons. The van der Waals surface area contributed by atoms with Gasteiger partial charge in [-0.3, -0.25) is 14.5 Å². The van der Waals surface area contributed by atoms with Gasteiger partial charge in [-0.15, -0.1) is 0 Å². The van der Waals surface area contributed by atoms with Gasteiger partial charge < -0.3 is 9.88 Å². The fourth-order valence-electron chi connectivity index (χ4n) is 3.90. The summed E-state index contributed by atoms with van der Waals surface area (Å²) in [6.07, 6.45) is -4.53. The molecule has 0 fully saturated rings. The number of nitrogens with zero attached hydrogens (tertiary/aromatic N) is 2. The van der Waals surface area contributed by atoms with Crippen LogP contribution in [0.2, 0.25) is 0 Å². The highest BCUT2D eigenvalue weighted by atomic mass is 19.4. The van der Waals surface area contributed by atoms with Crippen molar-refractivity contribution >= 4 is 23.0 Å². The lowest BCUT2D eigenvalue weighted by Gasteiger charge is -2.39. The van der Waals surface area contributed by atoms with Crippen molar-refractivity contribution in [3.63, 3.8) is 0 Å². The van der Waals surface area contributed by atoms with E-state index in [1.54, 1.807) is 17.9 Å². The van der Waals surface area contributed by atoms with Crippen LogP contribution in [0.4, 0.5) is 30.2 Å². The minimum absolute atomic E-state index is 0.00390. The predicted octanol–water partition coefficient (Wildman–Crippen LogP) is 5.07. The average molecular weight is 427 g/mol. The Bertz CT molecular complexity index is 1250. The van der Waals surface area contributed by atoms with E-state index < -0.39 is 17.6 Å². The van der Waals surface area contributed by atoms with Crippen molar-refractivity contribution in [2.24, 2.45) is 0 Å². The largest absolute Gasteiger partial charge is 0.416 e. The maximum atomic E-state index is 13.4. The van der Waals surface area contributed by atoms with Gasteiger partial charge in [0.1, 0.15) is 6.67 Å². The second-order valence-electron chi connectivity index (χ2n) is 7.66. The third-order valence-electron chi connectivity index (χ3n) is 5.40. The topological polar surface area (TPSA) is 56.4 Å². The van der Waals surface area contributed by atoms with Gasteiger partial charge in [-0.05, 0) is 56.7 Å². The fraction of sp³-hybridized carbons (Fsp3) is 0.217. The molecule has 0 saturated carbocycles. The lowest BCUT2D eigenvalue weighted by atomic mass is 10.0. The SMILES string of the molecule is Cc1ccc(N2CN(c3ccc(=O)[nH]c3C)C(=O)c3ccc(C(F)(F)F)cc32)c(C)c1. The lowest BCUT2D eigenvalue weighted by molar-refractivity contribution is -0.137. The first-order valence-electron chi connectivity index (χ1n) is 9.64. The Balaban J connectivity index is 1.93. The first kappa shape index (κ1) is 20.7. The standard InChI is InChI=1S/C23H20F3N3O2/c1-13-4-7-18(14(2)10-13)28-12-29(19-8-9-21(30)27-15(19)3)22(31)17-6-5-16(11-20(17)28)23(24,25)26/h4-11H,12H2,1-3H3,(H,27,30). The van der Waals surface area contributed by atoms with Gasteiger partial charge in [-0.1, -0.05) is 17.7 Å². The van der Waals surface area contributed by atoms with E-state index in [-0.39, 0.29) is 23.5 Å². The van der Waals surface area contributed by atoms with Gasteiger partial charge in [-0.25, -0.2) is 0 Å². The normalized spacial score (nSPS) is 14.1. The summed E-state index contributed by atoms with van der Waals surface area (Å²) in [7, 11) is 0. The number of rotatable bonds is 2. The van der Waals surface area contributed by atoms with Crippen molar-refractivity contribution in [3.8, 4) is 0 Å². The maximum absolute atomic E-state index is 13.4. The summed E-state index contributed by atoms with van der Waals surface area (Å²) in [5, 5.41) is 0. The molecule has 1 aromatic heterocycles. The minimum Gasteiger partial charge on any atom is -0.324 e. The number of halogens is 3. The number of carbonyl (C=O) groups is 1. The number of aryl methyl sites for hydroxylation is 3. The molecule has 2 aromatic carbocycles. The number of amides is 1. The number of aromatic amines is 1. The highest BCUT2D eigenvalue weighted by Crippen LogP contribution is 2.41. The molecule has 0 unspecified atom stereocenters. The molecule has 1 aliphatic rings. The predicted molar refractivity (Wildman–Crippen MR) is 113 cm³/mol. The molecule has 4 rings (SSSR count). The summed E-state index contributed by atoms with van der Waals surface area (Å²) in [4.78, 5) is 30.7. The molecule has 0 saturated heterocycles. The molecule has 1 aliphatic heterocycles. The Morgan fingerprint density at radius 1 is 0.839 bits per heavy atom. The van der Waals surface area contributed by atoms with Crippen LogP contribution >= 0.6 is 0 Å². The molecule has 0 bridgehead atoms. The monoisotopic (exact) mass is 427 g/mol. The zero-order valence-corrected chi connectivity index (χ0v) is 17.2. The molecular formula is C23H20F3N3O2. The molecule has 0 aliphatic carbocycles. The van der Waals surface area contributed by atoms with Gasteiger partial charge in [0.05, 0.1) is 22.5 Å². The molecule has 5 nitrogen and oxygen atoms in total. The van der Waals surface area contributed by atoms with Crippen molar-refractivity contribution in [1.82, 2.24) is 4.98 Å². The highest BCUT2D eigenvalue weighted by molar-refractivity contribution is 6.12. The van der Waals surface area contributed by atoms with Gasteiger partial charge >= 0.3 is 6.18 Å². The number of nitrogens with one attached hydrogen (secondary N) is 1. The molecule has 1 amide bonds. The average Bonchev–Trinajstić information content (AvgIpc) is 2.68. The maximum Gasteiger partial charge on any atom is 0.416 e. The Hall–Kier alpha value is -3.55. The van der Waals surface area contributed by atoms with Crippen molar-refractivity contribution in [2.45, 2.75) is 26.9 Å². The van der Waals surface area contributed by atoms with Crippen molar-refractivity contribution < 1.29 is 18.0 Å².